The lowest BCUT2D eigenvalue weighted by atomic mass is 9.80. The molecule has 0 amide bonds. The first-order valence-corrected chi connectivity index (χ1v) is 13.9. The molecule has 2 fully saturated rings. The lowest BCUT2D eigenvalue weighted by molar-refractivity contribution is 0.0510. The lowest BCUT2D eigenvalue weighted by Crippen LogP contribution is -2.32. The molecule has 40 heavy (non-hydrogen) atoms. The molecule has 2 atom stereocenters. The van der Waals surface area contributed by atoms with E-state index < -0.39 is 46.4 Å². The van der Waals surface area contributed by atoms with Gasteiger partial charge in [-0.25, -0.2) is 9.59 Å². The van der Waals surface area contributed by atoms with Gasteiger partial charge in [-0.3, -0.25) is 9.59 Å². The quantitative estimate of drug-likeness (QED) is 0.250. The van der Waals surface area contributed by atoms with Crippen molar-refractivity contribution in [3.8, 4) is 11.5 Å². The van der Waals surface area contributed by atoms with Gasteiger partial charge in [-0.1, -0.05) is 13.8 Å². The van der Waals surface area contributed by atoms with Gasteiger partial charge in [0.15, 0.2) is 0 Å². The van der Waals surface area contributed by atoms with E-state index in [0.717, 1.165) is 12.8 Å². The number of rotatable bonds is 9. The topological polar surface area (TPSA) is 183 Å². The van der Waals surface area contributed by atoms with Gasteiger partial charge in [0.25, 0.3) is 11.1 Å². The van der Waals surface area contributed by atoms with Gasteiger partial charge in [0.1, 0.15) is 22.6 Å². The van der Waals surface area contributed by atoms with E-state index >= 15 is 0 Å². The van der Waals surface area contributed by atoms with E-state index in [1.165, 1.54) is 0 Å². The maximum atomic E-state index is 13.6. The second-order valence-corrected chi connectivity index (χ2v) is 10.5. The molecular weight excluding hydrogens is 520 g/mol. The van der Waals surface area contributed by atoms with Gasteiger partial charge >= 0.3 is 11.9 Å². The van der Waals surface area contributed by atoms with Crippen LogP contribution >= 0.6 is 0 Å². The molecule has 0 spiro atoms. The minimum Gasteiger partial charge on any atom is -0.506 e. The molecule has 12 heteroatoms. The predicted octanol–water partition coefficient (Wildman–Crippen LogP) is 2.46. The number of carbonyl (C=O) groups is 2. The number of nitrogens with one attached hydrogen (secondary N) is 4. The molecule has 2 unspecified atom stereocenters. The maximum absolute atomic E-state index is 13.6. The summed E-state index contributed by atoms with van der Waals surface area (Å²) in [5.41, 5.74) is -1.97. The van der Waals surface area contributed by atoms with Crippen LogP contribution in [0.4, 0.5) is 0 Å². The molecule has 0 radical (unpaired) electrons. The van der Waals surface area contributed by atoms with Gasteiger partial charge in [-0.15, -0.1) is 0 Å². The molecule has 2 aliphatic rings. The first-order valence-electron chi connectivity index (χ1n) is 13.9. The van der Waals surface area contributed by atoms with Crippen LogP contribution in [0.3, 0.4) is 0 Å². The fourth-order valence-electron chi connectivity index (χ4n) is 5.84. The molecule has 0 aliphatic carbocycles. The van der Waals surface area contributed by atoms with Gasteiger partial charge < -0.3 is 40.3 Å². The van der Waals surface area contributed by atoms with Gasteiger partial charge in [0, 0.05) is 18.0 Å². The molecule has 0 bridgehead atoms. The fourth-order valence-corrected chi connectivity index (χ4v) is 5.84. The summed E-state index contributed by atoms with van der Waals surface area (Å²) >= 11 is 0. The number of pyridine rings is 2. The number of aromatic nitrogens is 2. The van der Waals surface area contributed by atoms with Crippen LogP contribution in [0.2, 0.25) is 0 Å². The van der Waals surface area contributed by atoms with Crippen LogP contribution in [0.1, 0.15) is 115 Å². The third kappa shape index (κ3) is 5.37. The molecule has 0 aromatic carbocycles. The van der Waals surface area contributed by atoms with Crippen molar-refractivity contribution >= 4 is 11.9 Å². The van der Waals surface area contributed by atoms with E-state index in [9.17, 15) is 29.4 Å². The van der Waals surface area contributed by atoms with Crippen molar-refractivity contribution in [3.63, 3.8) is 0 Å². The van der Waals surface area contributed by atoms with E-state index in [1.807, 2.05) is 0 Å². The summed E-state index contributed by atoms with van der Waals surface area (Å²) in [5.74, 6) is -4.61. The van der Waals surface area contributed by atoms with Gasteiger partial charge in [-0.2, -0.15) is 0 Å². The van der Waals surface area contributed by atoms with Crippen molar-refractivity contribution < 1.29 is 29.3 Å². The molecule has 2 aromatic heterocycles. The highest BCUT2D eigenvalue weighted by Crippen LogP contribution is 2.42. The minimum atomic E-state index is -1.19. The summed E-state index contributed by atoms with van der Waals surface area (Å²) in [4.78, 5) is 58.8. The molecular formula is C28H38N4O8. The number of aromatic hydroxyl groups is 2. The molecule has 2 aromatic rings. The second kappa shape index (κ2) is 12.3. The van der Waals surface area contributed by atoms with Crippen LogP contribution < -0.4 is 21.8 Å². The van der Waals surface area contributed by atoms with Crippen LogP contribution in [0.15, 0.2) is 9.59 Å². The monoisotopic (exact) mass is 558 g/mol. The Hall–Kier alpha value is -3.64. The molecule has 0 saturated carbocycles. The SMILES string of the molecule is CCOC(=O)c1c(C2CCCN2)[nH]c(=O)c(C(c2c(O)c(C(=O)OCC)c(C3CCCN3)[nH]c2=O)C(C)C)c1O. The summed E-state index contributed by atoms with van der Waals surface area (Å²) < 4.78 is 10.4. The van der Waals surface area contributed by atoms with Gasteiger partial charge in [0.05, 0.1) is 35.7 Å². The molecule has 4 rings (SSSR count). The van der Waals surface area contributed by atoms with E-state index in [1.54, 1.807) is 27.7 Å². The van der Waals surface area contributed by atoms with Crippen LogP contribution in [0.5, 0.6) is 11.5 Å². The number of carbonyl (C=O) groups excluding carboxylic acids is 2. The largest absolute Gasteiger partial charge is 0.506 e. The summed E-state index contributed by atoms with van der Waals surface area (Å²) in [5, 5.41) is 29.5. The molecule has 218 valence electrons. The Bertz CT molecular complexity index is 1280. The normalized spacial score (nSPS) is 19.6. The highest BCUT2D eigenvalue weighted by molar-refractivity contribution is 5.95. The van der Waals surface area contributed by atoms with Crippen LogP contribution in [0.25, 0.3) is 0 Å². The zero-order valence-corrected chi connectivity index (χ0v) is 23.3. The van der Waals surface area contributed by atoms with E-state index in [-0.39, 0.29) is 58.9 Å². The zero-order chi connectivity index (χ0) is 29.1. The van der Waals surface area contributed by atoms with Crippen LogP contribution in [-0.4, -0.2) is 58.4 Å². The van der Waals surface area contributed by atoms with E-state index in [4.69, 9.17) is 9.47 Å². The highest BCUT2D eigenvalue weighted by Gasteiger charge is 2.38. The number of hydrogen-bond acceptors (Lipinski definition) is 10. The van der Waals surface area contributed by atoms with Crippen molar-refractivity contribution in [2.24, 2.45) is 5.92 Å². The predicted molar refractivity (Wildman–Crippen MR) is 146 cm³/mol. The average Bonchev–Trinajstić information content (AvgIpc) is 3.62. The number of hydrogen-bond donors (Lipinski definition) is 6. The van der Waals surface area contributed by atoms with Crippen molar-refractivity contribution in [2.75, 3.05) is 26.3 Å². The first-order chi connectivity index (χ1) is 19.1. The second-order valence-electron chi connectivity index (χ2n) is 10.5. The number of ether oxygens (including phenoxy) is 2. The third-order valence-electron chi connectivity index (χ3n) is 7.57. The molecule has 12 nitrogen and oxygen atoms in total. The number of H-pyrrole nitrogens is 2. The standard InChI is InChI=1S/C28H38N4O8/c1-5-39-27(37)19-21(14-9-7-11-29-14)31-25(35)17(23(19)33)16(13(3)4)18-24(34)20(28(38)40-6-2)22(32-26(18)36)15-10-8-12-30-15/h13-16,29-30H,5-12H2,1-4H3,(H2,31,33,35)(H2,32,34,36). The molecule has 2 aliphatic heterocycles. The molecule has 6 N–H and O–H groups in total. The maximum Gasteiger partial charge on any atom is 0.343 e. The summed E-state index contributed by atoms with van der Waals surface area (Å²) in [7, 11) is 0. The minimum absolute atomic E-state index is 0.0396. The van der Waals surface area contributed by atoms with E-state index in [2.05, 4.69) is 20.6 Å². The van der Waals surface area contributed by atoms with Crippen molar-refractivity contribution in [3.05, 3.63) is 54.3 Å². The summed E-state index contributed by atoms with van der Waals surface area (Å²) in [6.07, 6.45) is 2.89. The molecule has 2 saturated heterocycles. The summed E-state index contributed by atoms with van der Waals surface area (Å²) in [6.45, 7) is 8.09. The lowest BCUT2D eigenvalue weighted by Gasteiger charge is -2.26. The third-order valence-corrected chi connectivity index (χ3v) is 7.57. The smallest absolute Gasteiger partial charge is 0.343 e. The van der Waals surface area contributed by atoms with Crippen molar-refractivity contribution in [2.45, 2.75) is 71.4 Å². The summed E-state index contributed by atoms with van der Waals surface area (Å²) in [6, 6.07) is -0.759. The fraction of sp³-hybridized carbons (Fsp3) is 0.571. The van der Waals surface area contributed by atoms with Crippen LogP contribution in [0, 0.1) is 5.92 Å². The zero-order valence-electron chi connectivity index (χ0n) is 23.3. The highest BCUT2D eigenvalue weighted by atomic mass is 16.5. The number of esters is 2. The van der Waals surface area contributed by atoms with Crippen LogP contribution in [-0.2, 0) is 9.47 Å². The Morgan fingerprint density at radius 3 is 1.50 bits per heavy atom. The first kappa shape index (κ1) is 29.3. The Balaban J connectivity index is 1.99. The average molecular weight is 559 g/mol. The van der Waals surface area contributed by atoms with Gasteiger partial charge in [-0.05, 0) is 58.5 Å². The van der Waals surface area contributed by atoms with E-state index in [0.29, 0.717) is 25.9 Å². The Morgan fingerprint density at radius 1 is 0.800 bits per heavy atom. The molecule has 4 heterocycles. The van der Waals surface area contributed by atoms with Crippen molar-refractivity contribution in [1.82, 2.24) is 20.6 Å². The Morgan fingerprint density at radius 2 is 1.20 bits per heavy atom. The van der Waals surface area contributed by atoms with Crippen molar-refractivity contribution in [1.29, 1.82) is 0 Å². The Kier molecular flexibility index (Phi) is 8.99. The number of aromatic amines is 2. The van der Waals surface area contributed by atoms with Gasteiger partial charge in [0.2, 0.25) is 0 Å². The Labute approximate surface area is 231 Å².